The fraction of sp³-hybridized carbons (Fsp3) is 0.471. The first-order valence-electron chi connectivity index (χ1n) is 8.12. The highest BCUT2D eigenvalue weighted by atomic mass is 32.2. The Hall–Kier alpha value is -1.86. The Bertz CT molecular complexity index is 655. The average molecular weight is 347 g/mol. The summed E-state index contributed by atoms with van der Waals surface area (Å²) in [6, 6.07) is 7.05. The third-order valence-electron chi connectivity index (χ3n) is 4.70. The van der Waals surface area contributed by atoms with Crippen LogP contribution in [0.25, 0.3) is 0 Å². The molecule has 1 saturated carbocycles. The van der Waals surface area contributed by atoms with Crippen molar-refractivity contribution in [3.8, 4) is 0 Å². The summed E-state index contributed by atoms with van der Waals surface area (Å²) in [4.78, 5) is 37.2. The van der Waals surface area contributed by atoms with E-state index in [1.165, 1.54) is 4.90 Å². The van der Waals surface area contributed by atoms with Crippen LogP contribution in [0.2, 0.25) is 0 Å². The average Bonchev–Trinajstić information content (AvgIpc) is 3.17. The molecule has 0 unspecified atom stereocenters. The Kier molecular flexibility index (Phi) is 4.91. The van der Waals surface area contributed by atoms with Crippen LogP contribution in [-0.4, -0.2) is 39.8 Å². The van der Waals surface area contributed by atoms with E-state index in [1.54, 1.807) is 18.2 Å². The zero-order valence-electron chi connectivity index (χ0n) is 13.4. The van der Waals surface area contributed by atoms with Crippen molar-refractivity contribution in [1.29, 1.82) is 0 Å². The van der Waals surface area contributed by atoms with Crippen LogP contribution in [0.15, 0.2) is 24.3 Å². The molecule has 1 aromatic carbocycles. The molecule has 1 saturated heterocycles. The molecule has 0 atom stereocenters. The number of hydrogen-bond acceptors (Lipinski definition) is 5. The monoisotopic (exact) mass is 347 g/mol. The number of amides is 3. The fourth-order valence-electron chi connectivity index (χ4n) is 3.27. The number of carbonyl (C=O) groups is 3. The van der Waals surface area contributed by atoms with Gasteiger partial charge in [-0.3, -0.25) is 19.3 Å². The Balaban J connectivity index is 1.71. The van der Waals surface area contributed by atoms with Crippen molar-refractivity contribution in [2.24, 2.45) is 5.73 Å². The molecule has 1 heterocycles. The van der Waals surface area contributed by atoms with E-state index < -0.39 is 0 Å². The number of nitrogens with one attached hydrogen (secondary N) is 1. The molecule has 1 aliphatic carbocycles. The van der Waals surface area contributed by atoms with Crippen LogP contribution in [0.4, 0.5) is 4.79 Å². The van der Waals surface area contributed by atoms with Crippen LogP contribution in [0.1, 0.15) is 41.6 Å². The zero-order valence-corrected chi connectivity index (χ0v) is 14.2. The van der Waals surface area contributed by atoms with Crippen LogP contribution >= 0.6 is 11.8 Å². The van der Waals surface area contributed by atoms with Crippen molar-refractivity contribution >= 4 is 28.8 Å². The minimum absolute atomic E-state index is 0.155. The van der Waals surface area contributed by atoms with Gasteiger partial charge < -0.3 is 11.1 Å². The van der Waals surface area contributed by atoms with E-state index in [4.69, 9.17) is 5.73 Å². The molecule has 1 aromatic rings. The number of imide groups is 1. The van der Waals surface area contributed by atoms with Gasteiger partial charge in [-0.2, -0.15) is 0 Å². The van der Waals surface area contributed by atoms with Gasteiger partial charge in [0.2, 0.25) is 5.91 Å². The molecule has 7 heteroatoms. The van der Waals surface area contributed by atoms with Crippen molar-refractivity contribution in [1.82, 2.24) is 10.2 Å². The fourth-order valence-corrected chi connectivity index (χ4v) is 4.00. The van der Waals surface area contributed by atoms with Gasteiger partial charge in [0.1, 0.15) is 0 Å². The number of benzene rings is 1. The maximum Gasteiger partial charge on any atom is 0.289 e. The molecule has 3 rings (SSSR count). The standard InChI is InChI=1S/C17H21N3O3S/c18-11-17(6-1-2-7-17)19-15(22)13-5-3-4-12(8-13)9-20-14(21)10-24-16(20)23/h3-5,8H,1-2,6-7,9-11,18H2,(H,19,22). The van der Waals surface area contributed by atoms with Gasteiger partial charge in [-0.25, -0.2) is 0 Å². The van der Waals surface area contributed by atoms with Gasteiger partial charge in [-0.15, -0.1) is 0 Å². The van der Waals surface area contributed by atoms with Crippen molar-refractivity contribution in [2.75, 3.05) is 12.3 Å². The zero-order chi connectivity index (χ0) is 17.2. The van der Waals surface area contributed by atoms with Gasteiger partial charge in [0, 0.05) is 12.1 Å². The van der Waals surface area contributed by atoms with Crippen LogP contribution in [0, 0.1) is 0 Å². The van der Waals surface area contributed by atoms with Crippen LogP contribution in [0.3, 0.4) is 0 Å². The van der Waals surface area contributed by atoms with E-state index in [0.717, 1.165) is 43.0 Å². The minimum Gasteiger partial charge on any atom is -0.345 e. The maximum absolute atomic E-state index is 12.6. The summed E-state index contributed by atoms with van der Waals surface area (Å²) >= 11 is 1.01. The van der Waals surface area contributed by atoms with Crippen molar-refractivity contribution < 1.29 is 14.4 Å². The second-order valence-corrected chi connectivity index (χ2v) is 7.31. The number of nitrogens with two attached hydrogens (primary N) is 1. The predicted octanol–water partition coefficient (Wildman–Crippen LogP) is 1.88. The number of hydrogen-bond donors (Lipinski definition) is 2. The van der Waals surface area contributed by atoms with E-state index in [2.05, 4.69) is 5.32 Å². The van der Waals surface area contributed by atoms with Gasteiger partial charge in [0.15, 0.2) is 0 Å². The lowest BCUT2D eigenvalue weighted by Gasteiger charge is -2.28. The lowest BCUT2D eigenvalue weighted by Crippen LogP contribution is -2.51. The summed E-state index contributed by atoms with van der Waals surface area (Å²) in [7, 11) is 0. The topological polar surface area (TPSA) is 92.5 Å². The maximum atomic E-state index is 12.6. The van der Waals surface area contributed by atoms with Gasteiger partial charge in [0.05, 0.1) is 17.8 Å². The van der Waals surface area contributed by atoms with Gasteiger partial charge >= 0.3 is 0 Å². The molecule has 0 aromatic heterocycles. The summed E-state index contributed by atoms with van der Waals surface area (Å²) in [5.74, 6) is -0.150. The first kappa shape index (κ1) is 17.0. The molecule has 3 amide bonds. The van der Waals surface area contributed by atoms with Crippen molar-refractivity contribution in [3.05, 3.63) is 35.4 Å². The van der Waals surface area contributed by atoms with Gasteiger partial charge in [-0.05, 0) is 30.5 Å². The molecule has 128 valence electrons. The summed E-state index contributed by atoms with van der Waals surface area (Å²) in [6.45, 7) is 0.639. The molecule has 3 N–H and O–H groups in total. The molecule has 24 heavy (non-hydrogen) atoms. The Morgan fingerprint density at radius 2 is 2.04 bits per heavy atom. The summed E-state index contributed by atoms with van der Waals surface area (Å²) in [5, 5.41) is 2.85. The summed E-state index contributed by atoms with van der Waals surface area (Å²) in [6.07, 6.45) is 3.97. The molecule has 1 aliphatic heterocycles. The molecular formula is C17H21N3O3S. The highest BCUT2D eigenvalue weighted by Crippen LogP contribution is 2.29. The summed E-state index contributed by atoms with van der Waals surface area (Å²) < 4.78 is 0. The van der Waals surface area contributed by atoms with E-state index in [-0.39, 0.29) is 34.9 Å². The second kappa shape index (κ2) is 6.94. The number of thioether (sulfide) groups is 1. The lowest BCUT2D eigenvalue weighted by molar-refractivity contribution is -0.125. The Labute approximate surface area is 145 Å². The number of carbonyl (C=O) groups excluding carboxylic acids is 3. The smallest absolute Gasteiger partial charge is 0.289 e. The molecular weight excluding hydrogens is 326 g/mol. The highest BCUT2D eigenvalue weighted by molar-refractivity contribution is 8.14. The third-order valence-corrected chi connectivity index (χ3v) is 5.56. The molecule has 0 bridgehead atoms. The Morgan fingerprint density at radius 1 is 1.29 bits per heavy atom. The molecule has 0 spiro atoms. The number of nitrogens with zero attached hydrogens (tertiary/aromatic N) is 1. The Morgan fingerprint density at radius 3 is 2.67 bits per heavy atom. The normalized spacial score (nSPS) is 19.8. The first-order valence-corrected chi connectivity index (χ1v) is 9.10. The quantitative estimate of drug-likeness (QED) is 0.848. The van der Waals surface area contributed by atoms with Gasteiger partial charge in [0.25, 0.3) is 11.1 Å². The second-order valence-electron chi connectivity index (χ2n) is 6.38. The van der Waals surface area contributed by atoms with E-state index in [0.29, 0.717) is 12.1 Å². The van der Waals surface area contributed by atoms with Crippen LogP contribution in [0.5, 0.6) is 0 Å². The molecule has 6 nitrogen and oxygen atoms in total. The van der Waals surface area contributed by atoms with Crippen LogP contribution in [-0.2, 0) is 11.3 Å². The minimum atomic E-state index is -0.301. The van der Waals surface area contributed by atoms with Crippen molar-refractivity contribution in [2.45, 2.75) is 37.8 Å². The van der Waals surface area contributed by atoms with E-state index >= 15 is 0 Å². The highest BCUT2D eigenvalue weighted by Gasteiger charge is 2.34. The third kappa shape index (κ3) is 3.47. The first-order chi connectivity index (χ1) is 11.5. The van der Waals surface area contributed by atoms with E-state index in [1.807, 2.05) is 6.07 Å². The molecule has 2 aliphatic rings. The van der Waals surface area contributed by atoms with Crippen LogP contribution < -0.4 is 11.1 Å². The molecule has 2 fully saturated rings. The lowest BCUT2D eigenvalue weighted by atomic mass is 9.97. The summed E-state index contributed by atoms with van der Waals surface area (Å²) in [5.41, 5.74) is 6.86. The van der Waals surface area contributed by atoms with Gasteiger partial charge in [-0.1, -0.05) is 36.7 Å². The predicted molar refractivity (Wildman–Crippen MR) is 92.6 cm³/mol. The SMILES string of the molecule is NCC1(NC(=O)c2cccc(CN3C(=O)CSC3=O)c2)CCCC1. The number of rotatable bonds is 5. The van der Waals surface area contributed by atoms with E-state index in [9.17, 15) is 14.4 Å². The molecule has 0 radical (unpaired) electrons. The largest absolute Gasteiger partial charge is 0.345 e. The van der Waals surface area contributed by atoms with Crippen molar-refractivity contribution in [3.63, 3.8) is 0 Å².